The first kappa shape index (κ1) is 18.7. The molecule has 2 aromatic rings. The van der Waals surface area contributed by atoms with Crippen LogP contribution in [0.25, 0.3) is 6.08 Å². The molecular formula is C19H14FN2O4S-. The number of halogens is 1. The first-order chi connectivity index (χ1) is 12.9. The summed E-state index contributed by atoms with van der Waals surface area (Å²) in [5, 5.41) is 11.0. The molecule has 27 heavy (non-hydrogen) atoms. The number of amidine groups is 1. The van der Waals surface area contributed by atoms with Crippen molar-refractivity contribution in [1.29, 1.82) is 0 Å². The molecule has 0 radical (unpaired) electrons. The first-order valence-corrected chi connectivity index (χ1v) is 8.68. The molecule has 0 atom stereocenters. The molecule has 0 saturated carbocycles. The minimum absolute atomic E-state index is 0.220. The molecular weight excluding hydrogens is 371 g/mol. The van der Waals surface area contributed by atoms with Gasteiger partial charge in [-0.25, -0.2) is 9.38 Å². The molecule has 8 heteroatoms. The predicted octanol–water partition coefficient (Wildman–Crippen LogP) is 2.19. The molecule has 0 N–H and O–H groups in total. The third-order valence-electron chi connectivity index (χ3n) is 3.57. The van der Waals surface area contributed by atoms with Gasteiger partial charge in [0.1, 0.15) is 18.2 Å². The van der Waals surface area contributed by atoms with Gasteiger partial charge in [-0.1, -0.05) is 12.1 Å². The van der Waals surface area contributed by atoms with Gasteiger partial charge in [0.15, 0.2) is 5.17 Å². The van der Waals surface area contributed by atoms with E-state index in [4.69, 9.17) is 4.74 Å². The van der Waals surface area contributed by atoms with Gasteiger partial charge in [0, 0.05) is 7.05 Å². The van der Waals surface area contributed by atoms with Gasteiger partial charge < -0.3 is 14.6 Å². The first-order valence-electron chi connectivity index (χ1n) is 7.87. The Morgan fingerprint density at radius 1 is 1.30 bits per heavy atom. The van der Waals surface area contributed by atoms with Crippen molar-refractivity contribution in [2.45, 2.75) is 0 Å². The molecule has 1 heterocycles. The molecule has 0 unspecified atom stereocenters. The van der Waals surface area contributed by atoms with Crippen molar-refractivity contribution in [3.05, 3.63) is 64.8 Å². The van der Waals surface area contributed by atoms with Gasteiger partial charge in [0.05, 0.1) is 16.6 Å². The Balaban J connectivity index is 1.81. The quantitative estimate of drug-likeness (QED) is 0.737. The van der Waals surface area contributed by atoms with E-state index in [0.717, 1.165) is 0 Å². The van der Waals surface area contributed by atoms with E-state index in [2.05, 4.69) is 4.99 Å². The molecule has 0 spiro atoms. The van der Waals surface area contributed by atoms with E-state index in [0.29, 0.717) is 27.1 Å². The molecule has 1 amide bonds. The maximum atomic E-state index is 13.0. The van der Waals surface area contributed by atoms with E-state index in [-0.39, 0.29) is 11.7 Å². The highest BCUT2D eigenvalue weighted by molar-refractivity contribution is 8.18. The number of likely N-dealkylation sites (N-methyl/N-ethyl adjacent to an activating group) is 1. The summed E-state index contributed by atoms with van der Waals surface area (Å²) in [6.45, 7) is -0.551. The van der Waals surface area contributed by atoms with E-state index >= 15 is 0 Å². The van der Waals surface area contributed by atoms with Crippen molar-refractivity contribution >= 4 is 40.6 Å². The van der Waals surface area contributed by atoms with Crippen LogP contribution in [0.3, 0.4) is 0 Å². The summed E-state index contributed by atoms with van der Waals surface area (Å²) in [6, 6.07) is 12.4. The van der Waals surface area contributed by atoms with Gasteiger partial charge in [-0.2, -0.15) is 0 Å². The molecule has 1 aliphatic rings. The molecule has 0 bridgehead atoms. The van der Waals surface area contributed by atoms with Crippen molar-refractivity contribution in [3.63, 3.8) is 0 Å². The number of carboxylic acid groups (broad SMARTS) is 1. The molecule has 3 rings (SSSR count). The van der Waals surface area contributed by atoms with Gasteiger partial charge in [0.25, 0.3) is 5.91 Å². The topological polar surface area (TPSA) is 82.0 Å². The van der Waals surface area contributed by atoms with E-state index in [9.17, 15) is 19.1 Å². The van der Waals surface area contributed by atoms with Crippen LogP contribution in [0.1, 0.15) is 5.56 Å². The average Bonchev–Trinajstić information content (AvgIpc) is 2.90. The number of benzene rings is 2. The summed E-state index contributed by atoms with van der Waals surface area (Å²) in [5.41, 5.74) is 1.22. The standard InChI is InChI=1S/C19H15FN2O4S/c1-22-18(25)16(27-19(22)21-14-7-5-13(20)6-8-14)10-12-3-2-4-15(9-12)26-11-17(23)24/h2-10H,11H2,1H3,(H,23,24)/p-1/b16-10+,21-19?. The van der Waals surface area contributed by atoms with Crippen LogP contribution in [-0.4, -0.2) is 35.6 Å². The number of carbonyl (C=O) groups excluding carboxylic acids is 2. The van der Waals surface area contributed by atoms with Gasteiger partial charge in [-0.15, -0.1) is 0 Å². The normalized spacial score (nSPS) is 17.0. The van der Waals surface area contributed by atoms with Crippen molar-refractivity contribution in [2.75, 3.05) is 13.7 Å². The van der Waals surface area contributed by atoms with Gasteiger partial charge in [-0.3, -0.25) is 9.69 Å². The van der Waals surface area contributed by atoms with Crippen molar-refractivity contribution in [3.8, 4) is 5.75 Å². The Morgan fingerprint density at radius 2 is 2.04 bits per heavy atom. The van der Waals surface area contributed by atoms with Crippen molar-refractivity contribution in [2.24, 2.45) is 4.99 Å². The number of rotatable bonds is 5. The van der Waals surface area contributed by atoms with E-state index in [1.54, 1.807) is 37.4 Å². The second kappa shape index (κ2) is 8.05. The van der Waals surface area contributed by atoms with Crippen LogP contribution in [0.2, 0.25) is 0 Å². The summed E-state index contributed by atoms with van der Waals surface area (Å²) < 4.78 is 18.1. The largest absolute Gasteiger partial charge is 0.546 e. The van der Waals surface area contributed by atoms with Gasteiger partial charge in [0.2, 0.25) is 0 Å². The fraction of sp³-hybridized carbons (Fsp3) is 0.105. The number of aliphatic carboxylic acids is 1. The van der Waals surface area contributed by atoms with Gasteiger partial charge >= 0.3 is 0 Å². The summed E-state index contributed by atoms with van der Waals surface area (Å²) in [6.07, 6.45) is 1.67. The SMILES string of the molecule is CN1C(=O)/C(=C\c2cccc(OCC(=O)[O-])c2)SC1=Nc1ccc(F)cc1. The van der Waals surface area contributed by atoms with Crippen LogP contribution in [0.4, 0.5) is 10.1 Å². The molecule has 6 nitrogen and oxygen atoms in total. The van der Waals surface area contributed by atoms with E-state index in [1.807, 2.05) is 0 Å². The summed E-state index contributed by atoms with van der Waals surface area (Å²) in [4.78, 5) is 29.2. The smallest absolute Gasteiger partial charge is 0.266 e. The highest BCUT2D eigenvalue weighted by Crippen LogP contribution is 2.33. The molecule has 0 aliphatic carbocycles. The molecule has 1 saturated heterocycles. The fourth-order valence-electron chi connectivity index (χ4n) is 2.27. The minimum atomic E-state index is -1.32. The summed E-state index contributed by atoms with van der Waals surface area (Å²) in [7, 11) is 1.61. The Kier molecular flexibility index (Phi) is 5.56. The van der Waals surface area contributed by atoms with Gasteiger partial charge in [-0.05, 0) is 59.8 Å². The number of aliphatic imine (C=N–C) groups is 1. The Labute approximate surface area is 159 Å². The lowest BCUT2D eigenvalue weighted by Crippen LogP contribution is -2.28. The van der Waals surface area contributed by atoms with Crippen LogP contribution in [0, 0.1) is 5.82 Å². The Morgan fingerprint density at radius 3 is 2.74 bits per heavy atom. The number of hydrogen-bond acceptors (Lipinski definition) is 6. The molecule has 1 fully saturated rings. The average molecular weight is 385 g/mol. The van der Waals surface area contributed by atoms with Crippen molar-refractivity contribution < 1.29 is 23.8 Å². The Hall–Kier alpha value is -3.13. The zero-order valence-corrected chi connectivity index (χ0v) is 15.0. The summed E-state index contributed by atoms with van der Waals surface area (Å²) >= 11 is 1.19. The van der Waals surface area contributed by atoms with Crippen LogP contribution in [-0.2, 0) is 9.59 Å². The molecule has 1 aliphatic heterocycles. The monoisotopic (exact) mass is 385 g/mol. The second-order valence-corrected chi connectivity index (χ2v) is 6.59. The minimum Gasteiger partial charge on any atom is -0.546 e. The number of hydrogen-bond donors (Lipinski definition) is 0. The summed E-state index contributed by atoms with van der Waals surface area (Å²) in [5.74, 6) is -1.54. The Bertz CT molecular complexity index is 941. The maximum Gasteiger partial charge on any atom is 0.266 e. The number of amides is 1. The van der Waals surface area contributed by atoms with Crippen molar-refractivity contribution in [1.82, 2.24) is 4.90 Å². The fourth-order valence-corrected chi connectivity index (χ4v) is 3.25. The zero-order chi connectivity index (χ0) is 19.4. The lowest BCUT2D eigenvalue weighted by Gasteiger charge is -2.07. The third kappa shape index (κ3) is 4.73. The number of thioether (sulfide) groups is 1. The van der Waals surface area contributed by atoms with E-state index < -0.39 is 12.6 Å². The molecule has 2 aromatic carbocycles. The predicted molar refractivity (Wildman–Crippen MR) is 98.8 cm³/mol. The maximum absolute atomic E-state index is 13.0. The molecule has 138 valence electrons. The highest BCUT2D eigenvalue weighted by atomic mass is 32.2. The number of ether oxygens (including phenoxy) is 1. The van der Waals surface area contributed by atoms with E-state index in [1.165, 1.54) is 40.9 Å². The number of nitrogens with zero attached hydrogens (tertiary/aromatic N) is 2. The zero-order valence-electron chi connectivity index (χ0n) is 14.2. The third-order valence-corrected chi connectivity index (χ3v) is 4.63. The lowest BCUT2D eigenvalue weighted by molar-refractivity contribution is -0.307. The van der Waals surface area contributed by atoms with Crippen LogP contribution in [0.5, 0.6) is 5.75 Å². The number of carboxylic acids is 1. The number of carbonyl (C=O) groups is 2. The molecule has 0 aromatic heterocycles. The van der Waals surface area contributed by atoms with Crippen LogP contribution >= 0.6 is 11.8 Å². The second-order valence-electron chi connectivity index (χ2n) is 5.58. The lowest BCUT2D eigenvalue weighted by atomic mass is 10.2. The van der Waals surface area contributed by atoms with Crippen LogP contribution in [0.15, 0.2) is 58.4 Å². The van der Waals surface area contributed by atoms with Crippen LogP contribution < -0.4 is 9.84 Å². The highest BCUT2D eigenvalue weighted by Gasteiger charge is 2.30.